The molecule has 20 heavy (non-hydrogen) atoms. The van der Waals surface area contributed by atoms with Crippen molar-refractivity contribution >= 4 is 5.69 Å². The van der Waals surface area contributed by atoms with Crippen LogP contribution in [-0.2, 0) is 5.41 Å². The Morgan fingerprint density at radius 1 is 1.25 bits per heavy atom. The largest absolute Gasteiger partial charge is 0.366 e. The van der Waals surface area contributed by atoms with Crippen LogP contribution in [0.15, 0.2) is 18.2 Å². The van der Waals surface area contributed by atoms with Crippen LogP contribution in [0.2, 0.25) is 0 Å². The summed E-state index contributed by atoms with van der Waals surface area (Å²) in [6.07, 6.45) is 2.39. The number of nitriles is 1. The van der Waals surface area contributed by atoms with Gasteiger partial charge in [-0.3, -0.25) is 0 Å². The molecule has 106 valence electrons. The molecule has 0 bridgehead atoms. The number of benzene rings is 1. The van der Waals surface area contributed by atoms with E-state index in [0.29, 0.717) is 0 Å². The van der Waals surface area contributed by atoms with E-state index < -0.39 is 0 Å². The fourth-order valence-electron chi connectivity index (χ4n) is 3.68. The fraction of sp³-hybridized carbons (Fsp3) is 0.588. The highest BCUT2D eigenvalue weighted by Crippen LogP contribution is 2.48. The Morgan fingerprint density at radius 3 is 2.55 bits per heavy atom. The molecular formula is C17H23N3. The summed E-state index contributed by atoms with van der Waals surface area (Å²) < 4.78 is 0. The first-order valence-corrected chi connectivity index (χ1v) is 7.49. The van der Waals surface area contributed by atoms with Gasteiger partial charge in [0.15, 0.2) is 0 Å². The molecular weight excluding hydrogens is 246 g/mol. The van der Waals surface area contributed by atoms with E-state index in [9.17, 15) is 5.26 Å². The minimum atomic E-state index is 0.0944. The molecule has 0 saturated carbocycles. The Labute approximate surface area is 121 Å². The first kappa shape index (κ1) is 13.5. The van der Waals surface area contributed by atoms with Gasteiger partial charge in [0.2, 0.25) is 0 Å². The fourth-order valence-corrected chi connectivity index (χ4v) is 3.68. The van der Waals surface area contributed by atoms with Gasteiger partial charge in [0.05, 0.1) is 11.6 Å². The third-order valence-electron chi connectivity index (χ3n) is 4.82. The van der Waals surface area contributed by atoms with Gasteiger partial charge in [0, 0.05) is 23.2 Å². The van der Waals surface area contributed by atoms with E-state index in [-0.39, 0.29) is 11.0 Å². The minimum Gasteiger partial charge on any atom is -0.366 e. The lowest BCUT2D eigenvalue weighted by Gasteiger charge is -2.39. The highest BCUT2D eigenvalue weighted by molar-refractivity contribution is 5.66. The second-order valence-corrected chi connectivity index (χ2v) is 7.13. The number of piperidine rings is 1. The van der Waals surface area contributed by atoms with Crippen molar-refractivity contribution in [2.24, 2.45) is 0 Å². The summed E-state index contributed by atoms with van der Waals surface area (Å²) in [7, 11) is 0. The predicted molar refractivity (Wildman–Crippen MR) is 82.0 cm³/mol. The van der Waals surface area contributed by atoms with Crippen molar-refractivity contribution in [3.63, 3.8) is 0 Å². The normalized spacial score (nSPS) is 20.8. The third-order valence-corrected chi connectivity index (χ3v) is 4.82. The van der Waals surface area contributed by atoms with Crippen molar-refractivity contribution in [2.45, 2.75) is 44.6 Å². The van der Waals surface area contributed by atoms with E-state index in [1.165, 1.54) is 24.1 Å². The molecule has 0 aromatic heterocycles. The van der Waals surface area contributed by atoms with Crippen LogP contribution < -0.4 is 10.2 Å². The van der Waals surface area contributed by atoms with Crippen LogP contribution in [0.4, 0.5) is 5.69 Å². The number of nitrogens with one attached hydrogen (secondary N) is 1. The maximum absolute atomic E-state index is 9.18. The van der Waals surface area contributed by atoms with Crippen molar-refractivity contribution in [1.29, 1.82) is 5.26 Å². The van der Waals surface area contributed by atoms with Crippen LogP contribution in [0.3, 0.4) is 0 Å². The molecule has 2 aliphatic heterocycles. The topological polar surface area (TPSA) is 39.1 Å². The Kier molecular flexibility index (Phi) is 3.02. The average molecular weight is 269 g/mol. The number of fused-ring (bicyclic) bond motifs is 2. The molecule has 1 aromatic rings. The van der Waals surface area contributed by atoms with Crippen LogP contribution in [0.25, 0.3) is 0 Å². The number of nitrogens with zero attached hydrogens (tertiary/aromatic N) is 2. The zero-order chi connectivity index (χ0) is 14.4. The van der Waals surface area contributed by atoms with E-state index in [0.717, 1.165) is 25.2 Å². The zero-order valence-corrected chi connectivity index (χ0v) is 12.7. The lowest BCUT2D eigenvalue weighted by atomic mass is 9.74. The molecule has 0 amide bonds. The molecule has 1 aromatic carbocycles. The van der Waals surface area contributed by atoms with Crippen LogP contribution in [0.1, 0.15) is 44.7 Å². The van der Waals surface area contributed by atoms with Crippen LogP contribution in [0, 0.1) is 11.3 Å². The Morgan fingerprint density at radius 2 is 1.95 bits per heavy atom. The van der Waals surface area contributed by atoms with E-state index in [2.05, 4.69) is 49.2 Å². The predicted octanol–water partition coefficient (Wildman–Crippen LogP) is 2.80. The van der Waals surface area contributed by atoms with Gasteiger partial charge < -0.3 is 10.2 Å². The second kappa shape index (κ2) is 4.49. The molecule has 0 aliphatic carbocycles. The average Bonchev–Trinajstić information content (AvgIpc) is 2.74. The molecule has 1 spiro atoms. The van der Waals surface area contributed by atoms with Crippen molar-refractivity contribution in [2.75, 3.05) is 24.5 Å². The smallest absolute Gasteiger partial charge is 0.0992 e. The number of rotatable bonds is 0. The van der Waals surface area contributed by atoms with Crippen molar-refractivity contribution in [1.82, 2.24) is 5.32 Å². The molecule has 1 saturated heterocycles. The van der Waals surface area contributed by atoms with Crippen LogP contribution in [0.5, 0.6) is 0 Å². The summed E-state index contributed by atoms with van der Waals surface area (Å²) in [5, 5.41) is 12.7. The lowest BCUT2D eigenvalue weighted by Crippen LogP contribution is -2.47. The summed E-state index contributed by atoms with van der Waals surface area (Å²) in [6, 6.07) is 8.54. The number of hydrogen-bond donors (Lipinski definition) is 1. The summed E-state index contributed by atoms with van der Waals surface area (Å²) >= 11 is 0. The number of anilines is 1. The summed E-state index contributed by atoms with van der Waals surface area (Å²) in [5.74, 6) is 0. The first-order valence-electron chi connectivity index (χ1n) is 7.49. The van der Waals surface area contributed by atoms with Crippen LogP contribution >= 0.6 is 0 Å². The quantitative estimate of drug-likeness (QED) is 0.787. The van der Waals surface area contributed by atoms with Gasteiger partial charge in [-0.05, 0) is 64.4 Å². The molecule has 2 heterocycles. The number of hydrogen-bond acceptors (Lipinski definition) is 3. The molecule has 0 unspecified atom stereocenters. The monoisotopic (exact) mass is 269 g/mol. The molecule has 2 aliphatic rings. The van der Waals surface area contributed by atoms with Gasteiger partial charge in [-0.15, -0.1) is 0 Å². The summed E-state index contributed by atoms with van der Waals surface area (Å²) in [6.45, 7) is 10.1. The van der Waals surface area contributed by atoms with Crippen molar-refractivity contribution in [3.05, 3.63) is 29.3 Å². The van der Waals surface area contributed by atoms with E-state index >= 15 is 0 Å². The van der Waals surface area contributed by atoms with Crippen molar-refractivity contribution < 1.29 is 0 Å². The summed E-state index contributed by atoms with van der Waals surface area (Å²) in [5.41, 5.74) is 3.87. The molecule has 1 N–H and O–H groups in total. The van der Waals surface area contributed by atoms with Gasteiger partial charge in [-0.25, -0.2) is 0 Å². The lowest BCUT2D eigenvalue weighted by molar-refractivity contribution is 0.312. The van der Waals surface area contributed by atoms with Gasteiger partial charge >= 0.3 is 0 Å². The van der Waals surface area contributed by atoms with Crippen molar-refractivity contribution in [3.8, 4) is 6.07 Å². The Bertz CT molecular complexity index is 557. The first-order chi connectivity index (χ1) is 9.46. The third kappa shape index (κ3) is 1.99. The van der Waals surface area contributed by atoms with E-state index in [1.54, 1.807) is 0 Å². The molecule has 1 fully saturated rings. The molecule has 0 radical (unpaired) electrons. The standard InChI is InChI=1S/C17H23N3/c1-16(2,3)20-12-17(6-8-19-9-7-17)14-5-4-13(11-18)10-15(14)20/h4-5,10,19H,6-9,12H2,1-3H3. The van der Waals surface area contributed by atoms with E-state index in [4.69, 9.17) is 0 Å². The minimum absolute atomic E-state index is 0.0944. The summed E-state index contributed by atoms with van der Waals surface area (Å²) in [4.78, 5) is 2.49. The molecule has 3 rings (SSSR count). The van der Waals surface area contributed by atoms with E-state index in [1.807, 2.05) is 6.07 Å². The maximum atomic E-state index is 9.18. The van der Waals surface area contributed by atoms with Gasteiger partial charge in [0.1, 0.15) is 0 Å². The maximum Gasteiger partial charge on any atom is 0.0992 e. The second-order valence-electron chi connectivity index (χ2n) is 7.13. The molecule has 3 nitrogen and oxygen atoms in total. The van der Waals surface area contributed by atoms with Gasteiger partial charge in [-0.2, -0.15) is 5.26 Å². The zero-order valence-electron chi connectivity index (χ0n) is 12.7. The molecule has 0 atom stereocenters. The van der Waals surface area contributed by atoms with Crippen LogP contribution in [-0.4, -0.2) is 25.2 Å². The Balaban J connectivity index is 2.11. The SMILES string of the molecule is CC(C)(C)N1CC2(CCNCC2)c2ccc(C#N)cc21. The molecule has 3 heteroatoms. The van der Waals surface area contributed by atoms with Gasteiger partial charge in [0.25, 0.3) is 0 Å². The highest BCUT2D eigenvalue weighted by atomic mass is 15.2. The highest BCUT2D eigenvalue weighted by Gasteiger charge is 2.45. The Hall–Kier alpha value is -1.53. The van der Waals surface area contributed by atoms with Gasteiger partial charge in [-0.1, -0.05) is 6.07 Å².